The SMILES string of the molecule is CC(C)Oc1cc(-c2ccc(CCOC(N)=O)cc2)ccc1C(=O)NS(C)(=O)=O. The van der Waals surface area contributed by atoms with E-state index >= 15 is 0 Å². The number of nitrogens with one attached hydrogen (secondary N) is 1. The third-order valence-electron chi connectivity index (χ3n) is 3.79. The monoisotopic (exact) mass is 420 g/mol. The second-order valence-electron chi connectivity index (χ2n) is 6.70. The molecule has 0 saturated heterocycles. The molecule has 2 rings (SSSR count). The van der Waals surface area contributed by atoms with Crippen LogP contribution >= 0.6 is 0 Å². The van der Waals surface area contributed by atoms with E-state index < -0.39 is 22.0 Å². The number of carbonyl (C=O) groups excluding carboxylic acids is 2. The van der Waals surface area contributed by atoms with Crippen molar-refractivity contribution in [1.82, 2.24) is 4.72 Å². The van der Waals surface area contributed by atoms with Gasteiger partial charge in [-0.05, 0) is 42.7 Å². The van der Waals surface area contributed by atoms with Crippen LogP contribution in [0.3, 0.4) is 0 Å². The number of primary amides is 1. The number of carbonyl (C=O) groups is 2. The Balaban J connectivity index is 2.27. The number of ether oxygens (including phenoxy) is 2. The fourth-order valence-electron chi connectivity index (χ4n) is 2.60. The minimum absolute atomic E-state index is 0.132. The van der Waals surface area contributed by atoms with E-state index in [-0.39, 0.29) is 24.0 Å². The van der Waals surface area contributed by atoms with Gasteiger partial charge in [0.2, 0.25) is 10.0 Å². The fraction of sp³-hybridized carbons (Fsp3) is 0.300. The lowest BCUT2D eigenvalue weighted by molar-refractivity contribution is 0.0976. The highest BCUT2D eigenvalue weighted by Crippen LogP contribution is 2.29. The second-order valence-corrected chi connectivity index (χ2v) is 8.44. The molecule has 0 unspecified atom stereocenters. The minimum Gasteiger partial charge on any atom is -0.490 e. The van der Waals surface area contributed by atoms with Gasteiger partial charge in [0.1, 0.15) is 5.75 Å². The average molecular weight is 420 g/mol. The molecule has 0 saturated carbocycles. The Hall–Kier alpha value is -3.07. The van der Waals surface area contributed by atoms with Crippen LogP contribution in [0, 0.1) is 0 Å². The van der Waals surface area contributed by atoms with Crippen molar-refractivity contribution < 1.29 is 27.5 Å². The van der Waals surface area contributed by atoms with E-state index in [0.717, 1.165) is 22.9 Å². The predicted octanol–water partition coefficient (Wildman–Crippen LogP) is 2.47. The molecule has 0 bridgehead atoms. The first kappa shape index (κ1) is 22.2. The van der Waals surface area contributed by atoms with Crippen LogP contribution in [0.15, 0.2) is 42.5 Å². The molecular formula is C20H24N2O6S. The second kappa shape index (κ2) is 9.42. The number of benzene rings is 2. The molecule has 2 amide bonds. The lowest BCUT2D eigenvalue weighted by Gasteiger charge is -2.15. The summed E-state index contributed by atoms with van der Waals surface area (Å²) in [6.45, 7) is 3.83. The molecule has 0 aliphatic heterocycles. The number of nitrogens with two attached hydrogens (primary N) is 1. The summed E-state index contributed by atoms with van der Waals surface area (Å²) in [5, 5.41) is 0. The van der Waals surface area contributed by atoms with Gasteiger partial charge in [0, 0.05) is 6.42 Å². The highest BCUT2D eigenvalue weighted by Gasteiger charge is 2.18. The maximum atomic E-state index is 12.3. The molecule has 0 radical (unpaired) electrons. The van der Waals surface area contributed by atoms with Gasteiger partial charge in [-0.2, -0.15) is 0 Å². The molecule has 156 valence electrons. The molecule has 0 aliphatic carbocycles. The number of amides is 2. The van der Waals surface area contributed by atoms with E-state index in [4.69, 9.17) is 15.2 Å². The van der Waals surface area contributed by atoms with Crippen LogP contribution in [0.25, 0.3) is 11.1 Å². The molecule has 0 aliphatic rings. The maximum absolute atomic E-state index is 12.3. The first-order valence-electron chi connectivity index (χ1n) is 8.89. The van der Waals surface area contributed by atoms with Gasteiger partial charge in [-0.3, -0.25) is 4.79 Å². The van der Waals surface area contributed by atoms with Crippen LogP contribution in [-0.2, 0) is 21.2 Å². The smallest absolute Gasteiger partial charge is 0.404 e. The van der Waals surface area contributed by atoms with Crippen LogP contribution in [-0.4, -0.2) is 39.4 Å². The van der Waals surface area contributed by atoms with E-state index in [0.29, 0.717) is 6.42 Å². The molecule has 29 heavy (non-hydrogen) atoms. The lowest BCUT2D eigenvalue weighted by Crippen LogP contribution is -2.30. The molecule has 2 aromatic rings. The number of sulfonamides is 1. The van der Waals surface area contributed by atoms with E-state index in [1.54, 1.807) is 12.1 Å². The molecule has 8 nitrogen and oxygen atoms in total. The van der Waals surface area contributed by atoms with E-state index in [1.165, 1.54) is 6.07 Å². The first-order valence-corrected chi connectivity index (χ1v) is 10.8. The Labute approximate surface area is 170 Å². The Morgan fingerprint density at radius 2 is 1.69 bits per heavy atom. The Morgan fingerprint density at radius 3 is 2.24 bits per heavy atom. The number of hydrogen-bond donors (Lipinski definition) is 2. The van der Waals surface area contributed by atoms with Crippen LogP contribution in [0.5, 0.6) is 5.75 Å². The number of rotatable bonds is 8. The summed E-state index contributed by atoms with van der Waals surface area (Å²) in [4.78, 5) is 22.9. The van der Waals surface area contributed by atoms with Gasteiger partial charge in [-0.15, -0.1) is 0 Å². The molecule has 0 atom stereocenters. The molecule has 3 N–H and O–H groups in total. The Kier molecular flexibility index (Phi) is 7.22. The molecule has 0 heterocycles. The normalized spacial score (nSPS) is 11.2. The van der Waals surface area contributed by atoms with Gasteiger partial charge in [0.25, 0.3) is 5.91 Å². The largest absolute Gasteiger partial charge is 0.490 e. The topological polar surface area (TPSA) is 125 Å². The summed E-state index contributed by atoms with van der Waals surface area (Å²) in [7, 11) is -3.69. The molecule has 9 heteroatoms. The van der Waals surface area contributed by atoms with Crippen molar-refractivity contribution in [2.45, 2.75) is 26.4 Å². The third kappa shape index (κ3) is 7.11. The van der Waals surface area contributed by atoms with Crippen molar-refractivity contribution in [2.24, 2.45) is 5.73 Å². The van der Waals surface area contributed by atoms with Crippen molar-refractivity contribution in [3.05, 3.63) is 53.6 Å². The highest BCUT2D eigenvalue weighted by atomic mass is 32.2. The van der Waals surface area contributed by atoms with E-state index in [1.807, 2.05) is 42.8 Å². The van der Waals surface area contributed by atoms with E-state index in [2.05, 4.69) is 0 Å². The lowest BCUT2D eigenvalue weighted by atomic mass is 10.0. The Bertz CT molecular complexity index is 985. The third-order valence-corrected chi connectivity index (χ3v) is 4.35. The zero-order chi connectivity index (χ0) is 21.6. The number of hydrogen-bond acceptors (Lipinski definition) is 6. The highest BCUT2D eigenvalue weighted by molar-refractivity contribution is 7.89. The van der Waals surface area contributed by atoms with Gasteiger partial charge < -0.3 is 15.2 Å². The molecule has 0 aromatic heterocycles. The average Bonchev–Trinajstić information content (AvgIpc) is 2.60. The molecule has 2 aromatic carbocycles. The predicted molar refractivity (Wildman–Crippen MR) is 109 cm³/mol. The van der Waals surface area contributed by atoms with Crippen molar-refractivity contribution in [3.63, 3.8) is 0 Å². The quantitative estimate of drug-likeness (QED) is 0.676. The fourth-order valence-corrected chi connectivity index (χ4v) is 3.04. The van der Waals surface area contributed by atoms with Crippen molar-refractivity contribution >= 4 is 22.0 Å². The van der Waals surface area contributed by atoms with Gasteiger partial charge in [-0.25, -0.2) is 17.9 Å². The first-order chi connectivity index (χ1) is 13.5. The van der Waals surface area contributed by atoms with Crippen LogP contribution in [0.1, 0.15) is 29.8 Å². The standard InChI is InChI=1S/C20H24N2O6S/c1-13(2)28-18-12-16(8-9-17(18)19(23)22-29(3,25)26)15-6-4-14(5-7-15)10-11-27-20(21)24/h4-9,12-13H,10-11H2,1-3H3,(H2,21,24)(H,22,23). The van der Waals surface area contributed by atoms with Crippen molar-refractivity contribution in [1.29, 1.82) is 0 Å². The molecular weight excluding hydrogens is 396 g/mol. The minimum atomic E-state index is -3.69. The van der Waals surface area contributed by atoms with Crippen molar-refractivity contribution in [3.8, 4) is 16.9 Å². The zero-order valence-corrected chi connectivity index (χ0v) is 17.3. The summed E-state index contributed by atoms with van der Waals surface area (Å²) < 4.78 is 35.2. The summed E-state index contributed by atoms with van der Waals surface area (Å²) >= 11 is 0. The van der Waals surface area contributed by atoms with Crippen LogP contribution in [0.2, 0.25) is 0 Å². The summed E-state index contributed by atoms with van der Waals surface area (Å²) in [5.41, 5.74) is 7.73. The molecule has 0 spiro atoms. The van der Waals surface area contributed by atoms with Gasteiger partial charge >= 0.3 is 6.09 Å². The van der Waals surface area contributed by atoms with Gasteiger partial charge in [-0.1, -0.05) is 30.3 Å². The Morgan fingerprint density at radius 1 is 1.07 bits per heavy atom. The van der Waals surface area contributed by atoms with Crippen LogP contribution in [0.4, 0.5) is 4.79 Å². The maximum Gasteiger partial charge on any atom is 0.404 e. The van der Waals surface area contributed by atoms with Crippen LogP contribution < -0.4 is 15.2 Å². The van der Waals surface area contributed by atoms with E-state index in [9.17, 15) is 18.0 Å². The zero-order valence-electron chi connectivity index (χ0n) is 16.5. The van der Waals surface area contributed by atoms with Gasteiger partial charge in [0.05, 0.1) is 24.5 Å². The summed E-state index contributed by atoms with van der Waals surface area (Å²) in [6, 6.07) is 12.5. The molecule has 0 fully saturated rings. The summed E-state index contributed by atoms with van der Waals surface area (Å²) in [5.74, 6) is -0.461. The summed E-state index contributed by atoms with van der Waals surface area (Å²) in [6.07, 6.45) is 0.440. The van der Waals surface area contributed by atoms with Gasteiger partial charge in [0.15, 0.2) is 0 Å². The van der Waals surface area contributed by atoms with Crippen molar-refractivity contribution in [2.75, 3.05) is 12.9 Å².